The van der Waals surface area contributed by atoms with Gasteiger partial charge in [0.05, 0.1) is 0 Å². The number of aliphatic imine (C=N–C) groups is 2. The third kappa shape index (κ3) is 4.35. The minimum absolute atomic E-state index is 0.670. The highest BCUT2D eigenvalue weighted by Gasteiger charge is 2.41. The summed E-state index contributed by atoms with van der Waals surface area (Å²) in [5.74, 6) is 1.34. The van der Waals surface area contributed by atoms with Gasteiger partial charge in [0, 0.05) is 43.8 Å². The summed E-state index contributed by atoms with van der Waals surface area (Å²) in [4.78, 5) is 39.7. The number of aromatic nitrogens is 2. The zero-order chi connectivity index (χ0) is 32.3. The van der Waals surface area contributed by atoms with E-state index in [4.69, 9.17) is 30.0 Å². The Bertz CT molecular complexity index is 2390. The van der Waals surface area contributed by atoms with Crippen molar-refractivity contribution in [3.8, 4) is 0 Å². The van der Waals surface area contributed by atoms with Crippen LogP contribution in [0.25, 0.3) is 21.5 Å². The molecule has 0 spiro atoms. The molecule has 8 bridgehead atoms. The molecule has 5 heterocycles. The van der Waals surface area contributed by atoms with E-state index in [1.807, 2.05) is 12.1 Å². The molecule has 3 aliphatic heterocycles. The summed E-state index contributed by atoms with van der Waals surface area (Å²) < 4.78 is 0. The van der Waals surface area contributed by atoms with E-state index in [-0.39, 0.29) is 0 Å². The van der Waals surface area contributed by atoms with E-state index in [2.05, 4.69) is 109 Å². The normalized spacial score (nSPS) is 22.0. The smallest absolute Gasteiger partial charge is 0.181 e. The fourth-order valence-corrected chi connectivity index (χ4v) is 7.55. The second kappa shape index (κ2) is 11.0. The van der Waals surface area contributed by atoms with Gasteiger partial charge in [0.15, 0.2) is 23.0 Å². The highest BCUT2D eigenvalue weighted by molar-refractivity contribution is 6.05. The molecular weight excluding hydrogens is 592 g/mol. The number of unbranched alkanes of at least 4 members (excludes halogenated alkanes) is 2. The maximum Gasteiger partial charge on any atom is 0.181 e. The average Bonchev–Trinajstić information content (AvgIpc) is 3.83. The summed E-state index contributed by atoms with van der Waals surface area (Å²) in [5.41, 5.74) is 5.43. The van der Waals surface area contributed by atoms with Crippen molar-refractivity contribution < 1.29 is 0 Å². The molecule has 0 radical (unpaired) electrons. The Morgan fingerprint density at radius 2 is 0.833 bits per heavy atom. The van der Waals surface area contributed by atoms with Gasteiger partial charge in [-0.25, -0.2) is 30.0 Å². The van der Waals surface area contributed by atoms with Gasteiger partial charge in [0.2, 0.25) is 0 Å². The van der Waals surface area contributed by atoms with Crippen LogP contribution in [0.3, 0.4) is 0 Å². The van der Waals surface area contributed by atoms with E-state index >= 15 is 0 Å². The van der Waals surface area contributed by atoms with Crippen molar-refractivity contribution in [3.05, 3.63) is 141 Å². The van der Waals surface area contributed by atoms with E-state index in [0.717, 1.165) is 104 Å². The van der Waals surface area contributed by atoms with Crippen LogP contribution in [0.5, 0.6) is 0 Å². The van der Waals surface area contributed by atoms with Gasteiger partial charge in [-0.2, -0.15) is 0 Å². The summed E-state index contributed by atoms with van der Waals surface area (Å²) in [6.45, 7) is 4.42. The molecular formula is C40H36N8. The Balaban J connectivity index is 1.46. The number of rotatable bonds is 6. The number of fused-ring (bicyclic) bond motifs is 18. The molecule has 0 fully saturated rings. The minimum atomic E-state index is -0.838. The third-order valence-electron chi connectivity index (χ3n) is 9.92. The van der Waals surface area contributed by atoms with Gasteiger partial charge in [-0.05, 0) is 25.7 Å². The number of amidine groups is 2. The number of hydrogen-bond donors (Lipinski definition) is 2. The Morgan fingerprint density at radius 3 is 1.25 bits per heavy atom. The standard InChI is InChI=1S/C40H36N8/c1-3-5-23-39-31-21-13-11-19-29(31)37(47-39)43-34-26-16-8-10-18-28(26)36(42-34)46-40(24-6-4-2)32-22-14-12-20-30(32)38(48-40)44-33-25-15-7-9-17-27(25)35(41-33)45-39/h7-22H,3-6,23-24H2,1-2H3,(H,41,44,45,48)(H,42,43,46,47). The number of aromatic amines is 2. The summed E-state index contributed by atoms with van der Waals surface area (Å²) in [7, 11) is 0. The Hall–Kier alpha value is -5.50. The minimum Gasteiger partial charge on any atom is -0.324 e. The highest BCUT2D eigenvalue weighted by atomic mass is 15.2. The Morgan fingerprint density at radius 1 is 0.458 bits per heavy atom. The van der Waals surface area contributed by atoms with Gasteiger partial charge in [-0.1, -0.05) is 124 Å². The highest BCUT2D eigenvalue weighted by Crippen LogP contribution is 2.42. The van der Waals surface area contributed by atoms with E-state index in [1.165, 1.54) is 0 Å². The summed E-state index contributed by atoms with van der Waals surface area (Å²) in [6, 6.07) is 33.4. The molecule has 8 heteroatoms. The number of nitrogens with zero attached hydrogens (tertiary/aromatic N) is 6. The topological polar surface area (TPSA) is 106 Å². The molecule has 4 aromatic carbocycles. The lowest BCUT2D eigenvalue weighted by Crippen LogP contribution is -2.25. The van der Waals surface area contributed by atoms with Crippen LogP contribution in [-0.2, 0) is 11.3 Å². The molecule has 48 heavy (non-hydrogen) atoms. The van der Waals surface area contributed by atoms with Gasteiger partial charge in [-0.15, -0.1) is 0 Å². The van der Waals surface area contributed by atoms with Crippen LogP contribution in [0.2, 0.25) is 0 Å². The lowest BCUT2D eigenvalue weighted by atomic mass is 9.93. The molecule has 2 unspecified atom stereocenters. The molecule has 2 N–H and O–H groups in total. The lowest BCUT2D eigenvalue weighted by molar-refractivity contribution is 0.412. The SMILES string of the molecule is CCCCC12N=C(N=c3[nH]/c(c4ccccc34)=N\C3(CCCC)N=C(N=c4[nH]/c(c5ccccc45)=N\1)c1ccccc13)c1ccccc12. The number of benzene rings is 4. The molecule has 6 aromatic rings. The van der Waals surface area contributed by atoms with Crippen molar-refractivity contribution >= 4 is 33.2 Å². The fraction of sp³-hybridized carbons (Fsp3) is 0.250. The largest absolute Gasteiger partial charge is 0.324 e. The van der Waals surface area contributed by atoms with Crippen LogP contribution in [-0.4, -0.2) is 21.6 Å². The van der Waals surface area contributed by atoms with E-state index in [0.29, 0.717) is 11.7 Å². The maximum absolute atomic E-state index is 5.53. The number of hydrogen-bond acceptors (Lipinski definition) is 6. The van der Waals surface area contributed by atoms with E-state index in [1.54, 1.807) is 0 Å². The first kappa shape index (κ1) is 28.7. The first-order chi connectivity index (χ1) is 23.6. The first-order valence-electron chi connectivity index (χ1n) is 17.1. The second-order valence-corrected chi connectivity index (χ2v) is 13.0. The van der Waals surface area contributed by atoms with Gasteiger partial charge in [-0.3, -0.25) is 0 Å². The predicted octanol–water partition coefficient (Wildman–Crippen LogP) is 6.45. The Kier molecular flexibility index (Phi) is 6.61. The molecule has 3 aliphatic rings. The van der Waals surface area contributed by atoms with E-state index < -0.39 is 11.3 Å². The Labute approximate surface area is 277 Å². The number of H-pyrrole nitrogens is 2. The molecule has 236 valence electrons. The zero-order valence-corrected chi connectivity index (χ0v) is 27.2. The zero-order valence-electron chi connectivity index (χ0n) is 27.2. The lowest BCUT2D eigenvalue weighted by Gasteiger charge is -2.22. The van der Waals surface area contributed by atoms with Crippen molar-refractivity contribution in [3.63, 3.8) is 0 Å². The molecule has 0 amide bonds. The molecule has 0 saturated heterocycles. The van der Waals surface area contributed by atoms with Crippen molar-refractivity contribution in [1.29, 1.82) is 0 Å². The molecule has 2 atom stereocenters. The van der Waals surface area contributed by atoms with Crippen LogP contribution in [0, 0.1) is 0 Å². The molecule has 0 aliphatic carbocycles. The quantitative estimate of drug-likeness (QED) is 0.212. The van der Waals surface area contributed by atoms with Crippen molar-refractivity contribution in [2.45, 2.75) is 63.7 Å². The molecule has 0 saturated carbocycles. The molecule has 8 nitrogen and oxygen atoms in total. The molecule has 9 rings (SSSR count). The second-order valence-electron chi connectivity index (χ2n) is 13.0. The van der Waals surface area contributed by atoms with Crippen molar-refractivity contribution in [1.82, 2.24) is 9.97 Å². The molecule has 2 aromatic heterocycles. The average molecular weight is 629 g/mol. The van der Waals surface area contributed by atoms with Crippen molar-refractivity contribution in [2.75, 3.05) is 0 Å². The number of nitrogens with one attached hydrogen (secondary N) is 2. The van der Waals surface area contributed by atoms with Gasteiger partial charge < -0.3 is 9.97 Å². The van der Waals surface area contributed by atoms with Crippen molar-refractivity contribution in [2.24, 2.45) is 30.0 Å². The fourth-order valence-electron chi connectivity index (χ4n) is 7.55. The van der Waals surface area contributed by atoms with E-state index in [9.17, 15) is 0 Å². The summed E-state index contributed by atoms with van der Waals surface area (Å²) in [5, 5.41) is 3.99. The summed E-state index contributed by atoms with van der Waals surface area (Å²) in [6.07, 6.45) is 5.49. The van der Waals surface area contributed by atoms with Gasteiger partial charge >= 0.3 is 0 Å². The van der Waals surface area contributed by atoms with Crippen LogP contribution in [0.4, 0.5) is 0 Å². The predicted molar refractivity (Wildman–Crippen MR) is 190 cm³/mol. The first-order valence-corrected chi connectivity index (χ1v) is 17.1. The van der Waals surface area contributed by atoms with Gasteiger partial charge in [0.1, 0.15) is 22.0 Å². The van der Waals surface area contributed by atoms with Crippen LogP contribution >= 0.6 is 0 Å². The summed E-state index contributed by atoms with van der Waals surface area (Å²) >= 11 is 0. The van der Waals surface area contributed by atoms with Crippen LogP contribution < -0.4 is 22.0 Å². The monoisotopic (exact) mass is 628 g/mol. The van der Waals surface area contributed by atoms with Crippen LogP contribution in [0.15, 0.2) is 127 Å². The van der Waals surface area contributed by atoms with Gasteiger partial charge in [0.25, 0.3) is 0 Å². The van der Waals surface area contributed by atoms with Crippen LogP contribution in [0.1, 0.15) is 74.6 Å². The maximum atomic E-state index is 5.53. The third-order valence-corrected chi connectivity index (χ3v) is 9.92.